The molecule has 4 nitrogen and oxygen atoms in total. The van der Waals surface area contributed by atoms with E-state index in [9.17, 15) is 13.2 Å². The number of hydrogen-bond donors (Lipinski definition) is 3. The van der Waals surface area contributed by atoms with Gasteiger partial charge in [0.2, 0.25) is 0 Å². The summed E-state index contributed by atoms with van der Waals surface area (Å²) >= 11 is 0. The molecule has 0 saturated carbocycles. The van der Waals surface area contributed by atoms with Crippen molar-refractivity contribution in [2.75, 3.05) is 0 Å². The molecule has 1 aliphatic heterocycles. The summed E-state index contributed by atoms with van der Waals surface area (Å²) in [5, 5.41) is 7.19. The molecule has 0 aromatic carbocycles. The number of hydrogen-bond acceptors (Lipinski definition) is 4. The van der Waals surface area contributed by atoms with E-state index in [0.717, 1.165) is 6.20 Å². The Morgan fingerprint density at radius 1 is 1.40 bits per heavy atom. The zero-order chi connectivity index (χ0) is 14.9. The van der Waals surface area contributed by atoms with E-state index >= 15 is 0 Å². The zero-order valence-electron chi connectivity index (χ0n) is 10.4. The van der Waals surface area contributed by atoms with E-state index in [-0.39, 0.29) is 23.1 Å². The van der Waals surface area contributed by atoms with Crippen LogP contribution in [0, 0.1) is 11.3 Å². The second kappa shape index (κ2) is 4.99. The fraction of sp³-hybridized carbons (Fsp3) is 0.231. The molecular weight excluding hydrogens is 269 g/mol. The van der Waals surface area contributed by atoms with Crippen LogP contribution in [0.2, 0.25) is 0 Å². The molecule has 5 N–H and O–H groups in total. The molecule has 0 amide bonds. The molecule has 0 saturated heterocycles. The van der Waals surface area contributed by atoms with Gasteiger partial charge in [-0.25, -0.2) is 0 Å². The monoisotopic (exact) mass is 282 g/mol. The summed E-state index contributed by atoms with van der Waals surface area (Å²) in [4.78, 5) is 4.18. The smallest absolute Gasteiger partial charge is 0.404 e. The second-order valence-corrected chi connectivity index (χ2v) is 4.42. The van der Waals surface area contributed by atoms with Crippen LogP contribution in [0.25, 0.3) is 0 Å². The molecule has 2 atom stereocenters. The van der Waals surface area contributed by atoms with Crippen molar-refractivity contribution in [1.82, 2.24) is 0 Å². The summed E-state index contributed by atoms with van der Waals surface area (Å²) in [6.45, 7) is 0. The Labute approximate surface area is 113 Å². The third-order valence-corrected chi connectivity index (χ3v) is 3.14. The molecule has 0 fully saturated rings. The van der Waals surface area contributed by atoms with E-state index in [1.807, 2.05) is 0 Å². The van der Waals surface area contributed by atoms with Crippen LogP contribution in [0.4, 0.5) is 13.2 Å². The van der Waals surface area contributed by atoms with Crippen LogP contribution in [0.15, 0.2) is 52.3 Å². The van der Waals surface area contributed by atoms with Crippen LogP contribution in [0.5, 0.6) is 0 Å². The van der Waals surface area contributed by atoms with E-state index < -0.39 is 11.9 Å². The van der Waals surface area contributed by atoms with Crippen molar-refractivity contribution in [1.29, 1.82) is 5.41 Å². The third kappa shape index (κ3) is 2.52. The van der Waals surface area contributed by atoms with E-state index in [0.29, 0.717) is 5.70 Å². The quantitative estimate of drug-likeness (QED) is 0.674. The molecule has 106 valence electrons. The number of halogens is 3. The number of allylic oxidation sites excluding steroid dienone is 4. The summed E-state index contributed by atoms with van der Waals surface area (Å²) in [6, 6.07) is -0.220. The SMILES string of the molecule is N=C(/C(=C\N)C1=CC2C(N)=CC=NC2C=C1)C(F)(F)F. The molecule has 2 unspecified atom stereocenters. The summed E-state index contributed by atoms with van der Waals surface area (Å²) in [5.74, 6) is -0.309. The average molecular weight is 282 g/mol. The summed E-state index contributed by atoms with van der Waals surface area (Å²) in [5.41, 5.74) is 9.97. The second-order valence-electron chi connectivity index (χ2n) is 4.42. The lowest BCUT2D eigenvalue weighted by atomic mass is 9.85. The molecule has 1 aliphatic carbocycles. The average Bonchev–Trinajstić information content (AvgIpc) is 2.39. The van der Waals surface area contributed by atoms with Crippen LogP contribution >= 0.6 is 0 Å². The Hall–Kier alpha value is -2.31. The number of alkyl halides is 3. The Kier molecular flexibility index (Phi) is 3.52. The van der Waals surface area contributed by atoms with Gasteiger partial charge in [-0.15, -0.1) is 0 Å². The van der Waals surface area contributed by atoms with Crippen LogP contribution in [0.1, 0.15) is 0 Å². The lowest BCUT2D eigenvalue weighted by Gasteiger charge is -2.26. The molecule has 2 rings (SSSR count). The molecule has 0 bridgehead atoms. The van der Waals surface area contributed by atoms with E-state index in [2.05, 4.69) is 4.99 Å². The minimum Gasteiger partial charge on any atom is -0.404 e. The number of nitrogens with one attached hydrogen (secondary N) is 1. The standard InChI is InChI=1S/C13H13F3N4/c14-13(15,16)12(19)9(6-17)7-1-2-11-8(5-7)10(18)3-4-20-11/h1-6,8,11,19H,17-18H2/b9-6-,19-12?. The van der Waals surface area contributed by atoms with Crippen molar-refractivity contribution in [2.24, 2.45) is 22.4 Å². The van der Waals surface area contributed by atoms with Gasteiger partial charge in [-0.2, -0.15) is 13.2 Å². The highest BCUT2D eigenvalue weighted by molar-refractivity contribution is 6.06. The summed E-state index contributed by atoms with van der Waals surface area (Å²) in [6.07, 6.45) is 3.92. The summed E-state index contributed by atoms with van der Waals surface area (Å²) < 4.78 is 37.9. The van der Waals surface area contributed by atoms with Gasteiger partial charge in [0.25, 0.3) is 0 Å². The first-order chi connectivity index (χ1) is 9.34. The van der Waals surface area contributed by atoms with Gasteiger partial charge in [0.05, 0.1) is 6.04 Å². The highest BCUT2D eigenvalue weighted by Crippen LogP contribution is 2.32. The molecule has 0 aromatic heterocycles. The van der Waals surface area contributed by atoms with Crippen molar-refractivity contribution in [3.63, 3.8) is 0 Å². The Bertz CT molecular complexity index is 579. The van der Waals surface area contributed by atoms with Crippen LogP contribution in [-0.4, -0.2) is 24.1 Å². The highest BCUT2D eigenvalue weighted by atomic mass is 19.4. The largest absolute Gasteiger partial charge is 0.433 e. The normalized spacial score (nSPS) is 25.9. The maximum Gasteiger partial charge on any atom is 0.433 e. The molecule has 1 heterocycles. The Morgan fingerprint density at radius 2 is 2.10 bits per heavy atom. The van der Waals surface area contributed by atoms with Gasteiger partial charge in [-0.1, -0.05) is 18.2 Å². The van der Waals surface area contributed by atoms with Gasteiger partial charge in [-0.3, -0.25) is 10.4 Å². The lowest BCUT2D eigenvalue weighted by Crippen LogP contribution is -2.29. The number of aliphatic imine (C=N–C) groups is 1. The first-order valence-electron chi connectivity index (χ1n) is 5.82. The van der Waals surface area contributed by atoms with E-state index in [4.69, 9.17) is 16.9 Å². The van der Waals surface area contributed by atoms with Crippen molar-refractivity contribution < 1.29 is 13.2 Å². The van der Waals surface area contributed by atoms with Crippen molar-refractivity contribution in [2.45, 2.75) is 12.2 Å². The van der Waals surface area contributed by atoms with E-state index in [1.54, 1.807) is 24.4 Å². The maximum absolute atomic E-state index is 12.6. The van der Waals surface area contributed by atoms with Gasteiger partial charge in [-0.05, 0) is 11.6 Å². The fourth-order valence-electron chi connectivity index (χ4n) is 2.10. The van der Waals surface area contributed by atoms with Gasteiger partial charge in [0.15, 0.2) is 0 Å². The molecule has 20 heavy (non-hydrogen) atoms. The van der Waals surface area contributed by atoms with E-state index in [1.165, 1.54) is 6.08 Å². The van der Waals surface area contributed by atoms with Crippen LogP contribution < -0.4 is 11.5 Å². The fourth-order valence-corrected chi connectivity index (χ4v) is 2.10. The number of nitrogens with two attached hydrogens (primary N) is 2. The number of fused-ring (bicyclic) bond motifs is 1. The first-order valence-corrected chi connectivity index (χ1v) is 5.82. The first kappa shape index (κ1) is 14.1. The predicted octanol–water partition coefficient (Wildman–Crippen LogP) is 1.82. The highest BCUT2D eigenvalue weighted by Gasteiger charge is 2.38. The Balaban J connectivity index is 2.34. The minimum atomic E-state index is -4.75. The topological polar surface area (TPSA) is 88.2 Å². The van der Waals surface area contributed by atoms with Gasteiger partial charge < -0.3 is 11.5 Å². The minimum absolute atomic E-state index is 0.220. The molecule has 0 radical (unpaired) electrons. The third-order valence-electron chi connectivity index (χ3n) is 3.14. The summed E-state index contributed by atoms with van der Waals surface area (Å²) in [7, 11) is 0. The van der Waals surface area contributed by atoms with Crippen LogP contribution in [-0.2, 0) is 0 Å². The van der Waals surface area contributed by atoms with Crippen molar-refractivity contribution in [3.05, 3.63) is 47.3 Å². The molecule has 0 aromatic rings. The van der Waals surface area contributed by atoms with Gasteiger partial charge in [0, 0.05) is 29.6 Å². The maximum atomic E-state index is 12.6. The van der Waals surface area contributed by atoms with Gasteiger partial charge in [0.1, 0.15) is 5.71 Å². The van der Waals surface area contributed by atoms with Crippen molar-refractivity contribution in [3.8, 4) is 0 Å². The number of nitrogens with zero attached hydrogens (tertiary/aromatic N) is 1. The molecule has 7 heteroatoms. The molecule has 2 aliphatic rings. The molecular formula is C13H13F3N4. The van der Waals surface area contributed by atoms with Gasteiger partial charge >= 0.3 is 6.18 Å². The lowest BCUT2D eigenvalue weighted by molar-refractivity contribution is -0.0588. The predicted molar refractivity (Wildman–Crippen MR) is 71.3 cm³/mol. The zero-order valence-corrected chi connectivity index (χ0v) is 10.4. The molecule has 0 spiro atoms. The number of dihydropyridines is 1. The van der Waals surface area contributed by atoms with Crippen LogP contribution in [0.3, 0.4) is 0 Å². The van der Waals surface area contributed by atoms with Crippen molar-refractivity contribution >= 4 is 11.9 Å². The Morgan fingerprint density at radius 3 is 2.70 bits per heavy atom. The number of rotatable bonds is 2.